The third-order valence-corrected chi connectivity index (χ3v) is 2.54. The number of carbonyl (C=O) groups is 1. The van der Waals surface area contributed by atoms with Gasteiger partial charge in [0.25, 0.3) is 0 Å². The van der Waals surface area contributed by atoms with Crippen molar-refractivity contribution in [2.75, 3.05) is 14.2 Å². The first-order valence-corrected chi connectivity index (χ1v) is 5.41. The number of rotatable bonds is 1. The summed E-state index contributed by atoms with van der Waals surface area (Å²) in [4.78, 5) is 12.7. The molecule has 1 rings (SSSR count). The van der Waals surface area contributed by atoms with E-state index in [1.807, 2.05) is 13.0 Å². The second kappa shape index (κ2) is 4.68. The first-order chi connectivity index (χ1) is 6.54. The lowest BCUT2D eigenvalue weighted by atomic mass is 10.2. The molecule has 0 fully saturated rings. The van der Waals surface area contributed by atoms with Gasteiger partial charge in [0.15, 0.2) is 0 Å². The van der Waals surface area contributed by atoms with Crippen LogP contribution in [-0.2, 0) is 4.74 Å². The van der Waals surface area contributed by atoms with Crippen molar-refractivity contribution in [1.82, 2.24) is 10.2 Å². The molecule has 1 N–H and O–H groups in total. The number of alkyl halides is 1. The second-order valence-electron chi connectivity index (χ2n) is 3.02. The SMILES string of the molecule is COC(=O)N(C)C1=CC(C)=CC(I)N1. The van der Waals surface area contributed by atoms with E-state index in [-0.39, 0.29) is 10.1 Å². The molecule has 1 unspecified atom stereocenters. The molecule has 78 valence electrons. The minimum Gasteiger partial charge on any atom is -0.452 e. The summed E-state index contributed by atoms with van der Waals surface area (Å²) in [5.74, 6) is 0.760. The normalized spacial score (nSPS) is 20.4. The van der Waals surface area contributed by atoms with Crippen LogP contribution < -0.4 is 5.32 Å². The zero-order valence-electron chi connectivity index (χ0n) is 8.37. The fraction of sp³-hybridized carbons (Fsp3) is 0.444. The number of amides is 1. The Morgan fingerprint density at radius 3 is 2.86 bits per heavy atom. The summed E-state index contributed by atoms with van der Waals surface area (Å²) < 4.78 is 4.83. The van der Waals surface area contributed by atoms with Gasteiger partial charge in [0.05, 0.1) is 11.2 Å². The number of nitrogens with one attached hydrogen (secondary N) is 1. The van der Waals surface area contributed by atoms with Crippen LogP contribution in [0.5, 0.6) is 0 Å². The topological polar surface area (TPSA) is 41.6 Å². The van der Waals surface area contributed by atoms with Crippen LogP contribution in [-0.4, -0.2) is 29.2 Å². The summed E-state index contributed by atoms with van der Waals surface area (Å²) in [7, 11) is 3.04. The Hall–Kier alpha value is -0.720. The van der Waals surface area contributed by atoms with Crippen LogP contribution in [0.15, 0.2) is 23.5 Å². The molecule has 0 bridgehead atoms. The zero-order chi connectivity index (χ0) is 10.7. The van der Waals surface area contributed by atoms with Gasteiger partial charge in [-0.1, -0.05) is 22.6 Å². The molecule has 14 heavy (non-hydrogen) atoms. The highest BCUT2D eigenvalue weighted by atomic mass is 127. The van der Waals surface area contributed by atoms with Crippen LogP contribution >= 0.6 is 22.6 Å². The van der Waals surface area contributed by atoms with Crippen LogP contribution in [0.4, 0.5) is 4.79 Å². The quantitative estimate of drug-likeness (QED) is 0.456. The van der Waals surface area contributed by atoms with Gasteiger partial charge < -0.3 is 10.1 Å². The average Bonchev–Trinajstić information content (AvgIpc) is 2.14. The lowest BCUT2D eigenvalue weighted by Crippen LogP contribution is -2.37. The van der Waals surface area contributed by atoms with E-state index in [1.54, 1.807) is 7.05 Å². The van der Waals surface area contributed by atoms with Gasteiger partial charge >= 0.3 is 6.09 Å². The van der Waals surface area contributed by atoms with Gasteiger partial charge in [0, 0.05) is 7.05 Å². The molecule has 0 aromatic heterocycles. The van der Waals surface area contributed by atoms with Crippen molar-refractivity contribution >= 4 is 28.7 Å². The molecule has 0 saturated heterocycles. The van der Waals surface area contributed by atoms with E-state index < -0.39 is 0 Å². The van der Waals surface area contributed by atoms with Crippen molar-refractivity contribution in [1.29, 1.82) is 0 Å². The number of methoxy groups -OCH3 is 1. The Bertz CT molecular complexity index is 299. The van der Waals surface area contributed by atoms with Crippen LogP contribution in [0.3, 0.4) is 0 Å². The highest BCUT2D eigenvalue weighted by Crippen LogP contribution is 2.15. The number of hydrogen-bond donors (Lipinski definition) is 1. The average molecular weight is 308 g/mol. The summed E-state index contributed by atoms with van der Waals surface area (Å²) in [6.45, 7) is 2.00. The molecule has 1 amide bonds. The number of ether oxygens (including phenoxy) is 1. The summed E-state index contributed by atoms with van der Waals surface area (Å²) in [6.07, 6.45) is 3.61. The molecule has 0 spiro atoms. The number of hydrogen-bond acceptors (Lipinski definition) is 3. The largest absolute Gasteiger partial charge is 0.452 e. The van der Waals surface area contributed by atoms with E-state index in [1.165, 1.54) is 12.0 Å². The second-order valence-corrected chi connectivity index (χ2v) is 4.36. The van der Waals surface area contributed by atoms with Gasteiger partial charge in [-0.25, -0.2) is 4.79 Å². The Labute approximate surface area is 97.1 Å². The van der Waals surface area contributed by atoms with Gasteiger partial charge in [0.2, 0.25) is 0 Å². The Kier molecular flexibility index (Phi) is 3.79. The maximum Gasteiger partial charge on any atom is 0.414 e. The Balaban J connectivity index is 2.78. The Morgan fingerprint density at radius 2 is 2.36 bits per heavy atom. The predicted octanol–water partition coefficient (Wildman–Crippen LogP) is 1.84. The number of halogens is 1. The maximum absolute atomic E-state index is 11.2. The van der Waals surface area contributed by atoms with Gasteiger partial charge in [-0.2, -0.15) is 0 Å². The van der Waals surface area contributed by atoms with Crippen molar-refractivity contribution in [3.05, 3.63) is 23.5 Å². The smallest absolute Gasteiger partial charge is 0.414 e. The van der Waals surface area contributed by atoms with Gasteiger partial charge in [0.1, 0.15) is 5.82 Å². The van der Waals surface area contributed by atoms with E-state index >= 15 is 0 Å². The lowest BCUT2D eigenvalue weighted by Gasteiger charge is -2.25. The lowest BCUT2D eigenvalue weighted by molar-refractivity contribution is 0.141. The predicted molar refractivity (Wildman–Crippen MR) is 63.0 cm³/mol. The summed E-state index contributed by atoms with van der Waals surface area (Å²) in [6, 6.07) is 0. The van der Waals surface area contributed by atoms with Gasteiger partial charge in [-0.3, -0.25) is 4.90 Å². The summed E-state index contributed by atoms with van der Waals surface area (Å²) >= 11 is 2.25. The monoisotopic (exact) mass is 308 g/mol. The zero-order valence-corrected chi connectivity index (χ0v) is 10.5. The molecule has 5 heteroatoms. The van der Waals surface area contributed by atoms with E-state index in [2.05, 4.69) is 38.7 Å². The molecular formula is C9H13IN2O2. The third-order valence-electron chi connectivity index (χ3n) is 1.87. The molecule has 0 aliphatic carbocycles. The van der Waals surface area contributed by atoms with Crippen molar-refractivity contribution < 1.29 is 9.53 Å². The van der Waals surface area contributed by atoms with E-state index in [0.717, 1.165) is 11.4 Å². The standard InChI is InChI=1S/C9H13IN2O2/c1-6-4-7(10)11-8(5-6)12(2)9(13)14-3/h4-5,7,11H,1-3H3. The van der Waals surface area contributed by atoms with Crippen LogP contribution in [0.1, 0.15) is 6.92 Å². The first-order valence-electron chi connectivity index (χ1n) is 4.17. The van der Waals surface area contributed by atoms with E-state index in [9.17, 15) is 4.79 Å². The van der Waals surface area contributed by atoms with Crippen LogP contribution in [0.25, 0.3) is 0 Å². The van der Waals surface area contributed by atoms with Gasteiger partial charge in [-0.05, 0) is 24.6 Å². The van der Waals surface area contributed by atoms with Crippen molar-refractivity contribution in [3.63, 3.8) is 0 Å². The molecule has 1 heterocycles. The van der Waals surface area contributed by atoms with E-state index in [0.29, 0.717) is 0 Å². The number of carbonyl (C=O) groups excluding carboxylic acids is 1. The number of nitrogens with zero attached hydrogens (tertiary/aromatic N) is 1. The van der Waals surface area contributed by atoms with Gasteiger partial charge in [-0.15, -0.1) is 0 Å². The summed E-state index contributed by atoms with van der Waals surface area (Å²) in [5.41, 5.74) is 1.13. The molecule has 0 aromatic rings. The van der Waals surface area contributed by atoms with Crippen LogP contribution in [0.2, 0.25) is 0 Å². The first kappa shape index (κ1) is 11.4. The molecule has 1 aliphatic rings. The molecule has 0 radical (unpaired) electrons. The van der Waals surface area contributed by atoms with Crippen molar-refractivity contribution in [2.24, 2.45) is 0 Å². The van der Waals surface area contributed by atoms with Crippen molar-refractivity contribution in [3.8, 4) is 0 Å². The fourth-order valence-corrected chi connectivity index (χ4v) is 2.03. The van der Waals surface area contributed by atoms with E-state index in [4.69, 9.17) is 0 Å². The minimum absolute atomic E-state index is 0.208. The molecule has 0 aromatic carbocycles. The number of allylic oxidation sites excluding steroid dienone is 2. The molecular weight excluding hydrogens is 295 g/mol. The Morgan fingerprint density at radius 1 is 1.71 bits per heavy atom. The molecule has 1 aliphatic heterocycles. The van der Waals surface area contributed by atoms with Crippen LogP contribution in [0, 0.1) is 0 Å². The molecule has 0 saturated carbocycles. The molecule has 1 atom stereocenters. The highest BCUT2D eigenvalue weighted by molar-refractivity contribution is 14.1. The highest BCUT2D eigenvalue weighted by Gasteiger charge is 2.17. The third kappa shape index (κ3) is 2.63. The van der Waals surface area contributed by atoms with Crippen molar-refractivity contribution in [2.45, 2.75) is 11.0 Å². The maximum atomic E-state index is 11.2. The fourth-order valence-electron chi connectivity index (χ4n) is 1.15. The summed E-state index contributed by atoms with van der Waals surface area (Å²) in [5, 5.41) is 3.16. The molecule has 4 nitrogen and oxygen atoms in total. The minimum atomic E-state index is -0.373. The number of dihydropyridines is 1.